The van der Waals surface area contributed by atoms with Gasteiger partial charge in [0.2, 0.25) is 0 Å². The standard InChI is InChI=1S/C60H49N5O/c1-60(2,3)44-33-35-61-57(37-44)65-52-27-14-13-24-50(52)51-31-29-46(38-55(51)65)66-47-30-32-53-56(39-47)64-40-63(54-28-15-21-43(58(54)64)34-36-62(53)45-22-11-6-12-23-45)59-48(41-17-7-4-8-18-41)25-16-26-49(59)42-19-9-5-10-20-42/h4-33,35,37-39H,34,36,40H2,1-3H3. The molecule has 320 valence electrons. The van der Waals surface area contributed by atoms with Gasteiger partial charge < -0.3 is 19.4 Å². The van der Waals surface area contributed by atoms with Crippen LogP contribution in [0.5, 0.6) is 11.5 Å². The van der Waals surface area contributed by atoms with Crippen LogP contribution in [-0.2, 0) is 11.8 Å². The number of hydrogen-bond acceptors (Lipinski definition) is 5. The molecule has 0 bridgehead atoms. The van der Waals surface area contributed by atoms with Crippen molar-refractivity contribution in [1.29, 1.82) is 0 Å². The number of benzene rings is 8. The monoisotopic (exact) mass is 855 g/mol. The second-order valence-corrected chi connectivity index (χ2v) is 18.4. The van der Waals surface area contributed by atoms with Crippen molar-refractivity contribution in [2.75, 3.05) is 27.9 Å². The van der Waals surface area contributed by atoms with E-state index < -0.39 is 0 Å². The van der Waals surface area contributed by atoms with Gasteiger partial charge in [-0.1, -0.05) is 148 Å². The van der Waals surface area contributed by atoms with Crippen LogP contribution in [0.2, 0.25) is 0 Å². The van der Waals surface area contributed by atoms with Gasteiger partial charge in [0.15, 0.2) is 0 Å². The van der Waals surface area contributed by atoms with E-state index in [4.69, 9.17) is 9.72 Å². The molecule has 6 nitrogen and oxygen atoms in total. The minimum absolute atomic E-state index is 0.0196. The summed E-state index contributed by atoms with van der Waals surface area (Å²) >= 11 is 0. The van der Waals surface area contributed by atoms with Crippen LogP contribution in [0.25, 0.3) is 49.9 Å². The summed E-state index contributed by atoms with van der Waals surface area (Å²) < 4.78 is 9.28. The number of rotatable bonds is 7. The number of hydrogen-bond donors (Lipinski definition) is 0. The third-order valence-electron chi connectivity index (χ3n) is 13.3. The highest BCUT2D eigenvalue weighted by molar-refractivity contribution is 6.09. The molecule has 2 aliphatic rings. The molecule has 0 fully saturated rings. The SMILES string of the molecule is CC(C)(C)c1ccnc(-n2c3ccccc3c3ccc(Oc4ccc5c(c4)N4CN(c6c(-c7ccccc7)cccc6-c6ccccc6)c6cccc(c64)CCN5c4ccccc4)cc32)c1. The van der Waals surface area contributed by atoms with Crippen LogP contribution in [0, 0.1) is 0 Å². The van der Waals surface area contributed by atoms with Crippen molar-refractivity contribution in [3.8, 4) is 39.6 Å². The fourth-order valence-corrected chi connectivity index (χ4v) is 10.2. The minimum Gasteiger partial charge on any atom is -0.457 e. The van der Waals surface area contributed by atoms with Gasteiger partial charge in [0.1, 0.15) is 24.0 Å². The lowest BCUT2D eigenvalue weighted by Crippen LogP contribution is -2.29. The summed E-state index contributed by atoms with van der Waals surface area (Å²) in [4.78, 5) is 12.5. The Morgan fingerprint density at radius 2 is 1.12 bits per heavy atom. The highest BCUT2D eigenvalue weighted by Gasteiger charge is 2.36. The largest absolute Gasteiger partial charge is 0.457 e. The van der Waals surface area contributed by atoms with Crippen LogP contribution in [-0.4, -0.2) is 22.8 Å². The van der Waals surface area contributed by atoms with Crippen LogP contribution in [0.4, 0.5) is 34.1 Å². The number of para-hydroxylation sites is 4. The number of fused-ring (bicyclic) bond motifs is 5. The van der Waals surface area contributed by atoms with Gasteiger partial charge in [0.25, 0.3) is 0 Å². The van der Waals surface area contributed by atoms with E-state index in [0.29, 0.717) is 6.67 Å². The zero-order valence-electron chi connectivity index (χ0n) is 37.4. The molecular weight excluding hydrogens is 807 g/mol. The molecule has 12 rings (SSSR count). The maximum absolute atomic E-state index is 7.00. The van der Waals surface area contributed by atoms with Crippen LogP contribution in [0.3, 0.4) is 0 Å². The summed E-state index contributed by atoms with van der Waals surface area (Å²) in [5, 5.41) is 2.34. The normalized spacial score (nSPS) is 13.4. The Morgan fingerprint density at radius 1 is 0.485 bits per heavy atom. The summed E-state index contributed by atoms with van der Waals surface area (Å²) in [6.07, 6.45) is 2.81. The molecule has 0 radical (unpaired) electrons. The van der Waals surface area contributed by atoms with E-state index in [-0.39, 0.29) is 5.41 Å². The zero-order valence-corrected chi connectivity index (χ0v) is 37.4. The molecule has 66 heavy (non-hydrogen) atoms. The Labute approximate surface area is 386 Å². The van der Waals surface area contributed by atoms with Gasteiger partial charge >= 0.3 is 0 Å². The summed E-state index contributed by atoms with van der Waals surface area (Å²) in [6, 6.07) is 72.0. The van der Waals surface area contributed by atoms with Crippen LogP contribution in [0.15, 0.2) is 206 Å². The molecule has 2 aliphatic heterocycles. The van der Waals surface area contributed by atoms with Crippen molar-refractivity contribution in [3.05, 3.63) is 218 Å². The van der Waals surface area contributed by atoms with Gasteiger partial charge in [0.05, 0.1) is 39.5 Å². The van der Waals surface area contributed by atoms with E-state index in [2.05, 4.69) is 240 Å². The van der Waals surface area contributed by atoms with E-state index in [9.17, 15) is 0 Å². The molecule has 8 aromatic carbocycles. The van der Waals surface area contributed by atoms with Crippen molar-refractivity contribution in [3.63, 3.8) is 0 Å². The topological polar surface area (TPSA) is 36.8 Å². The fraction of sp³-hybridized carbons (Fsp3) is 0.117. The summed E-state index contributed by atoms with van der Waals surface area (Å²) in [7, 11) is 0. The Balaban J connectivity index is 1.01. The number of nitrogens with zero attached hydrogens (tertiary/aromatic N) is 5. The highest BCUT2D eigenvalue weighted by atomic mass is 16.5. The molecule has 0 amide bonds. The predicted octanol–water partition coefficient (Wildman–Crippen LogP) is 15.5. The van der Waals surface area contributed by atoms with Crippen LogP contribution in [0.1, 0.15) is 31.9 Å². The molecule has 0 atom stereocenters. The number of aromatic nitrogens is 2. The van der Waals surface area contributed by atoms with Gasteiger partial charge in [0, 0.05) is 52.5 Å². The molecule has 0 spiro atoms. The Hall–Kier alpha value is -8.09. The van der Waals surface area contributed by atoms with Crippen molar-refractivity contribution < 1.29 is 4.74 Å². The average Bonchev–Trinajstić information content (AvgIpc) is 3.90. The second-order valence-electron chi connectivity index (χ2n) is 18.4. The number of anilines is 6. The molecule has 2 aromatic heterocycles. The summed E-state index contributed by atoms with van der Waals surface area (Å²) in [5.74, 6) is 2.42. The molecule has 0 saturated carbocycles. The second kappa shape index (κ2) is 15.9. The summed E-state index contributed by atoms with van der Waals surface area (Å²) in [6.45, 7) is 8.17. The Bertz CT molecular complexity index is 3370. The molecule has 0 N–H and O–H groups in total. The maximum atomic E-state index is 7.00. The third kappa shape index (κ3) is 6.76. The van der Waals surface area contributed by atoms with E-state index in [1.807, 2.05) is 6.20 Å². The lowest BCUT2D eigenvalue weighted by atomic mass is 9.88. The zero-order chi connectivity index (χ0) is 44.4. The van der Waals surface area contributed by atoms with E-state index in [0.717, 1.165) is 63.8 Å². The summed E-state index contributed by atoms with van der Waals surface area (Å²) in [5.41, 5.74) is 16.5. The van der Waals surface area contributed by atoms with Crippen molar-refractivity contribution in [1.82, 2.24) is 9.55 Å². The smallest absolute Gasteiger partial charge is 0.137 e. The number of ether oxygens (including phenoxy) is 1. The quantitative estimate of drug-likeness (QED) is 0.160. The maximum Gasteiger partial charge on any atom is 0.137 e. The lowest BCUT2D eigenvalue weighted by molar-refractivity contribution is 0.483. The van der Waals surface area contributed by atoms with Crippen molar-refractivity contribution in [2.24, 2.45) is 0 Å². The van der Waals surface area contributed by atoms with Gasteiger partial charge in [-0.15, -0.1) is 0 Å². The molecular formula is C60H49N5O. The van der Waals surface area contributed by atoms with Crippen molar-refractivity contribution in [2.45, 2.75) is 32.6 Å². The molecule has 0 saturated heterocycles. The van der Waals surface area contributed by atoms with E-state index in [1.165, 1.54) is 55.8 Å². The van der Waals surface area contributed by atoms with Gasteiger partial charge in [-0.25, -0.2) is 4.98 Å². The molecule has 6 heteroatoms. The van der Waals surface area contributed by atoms with Gasteiger partial charge in [-0.3, -0.25) is 4.57 Å². The first-order valence-corrected chi connectivity index (χ1v) is 22.9. The predicted molar refractivity (Wildman–Crippen MR) is 274 cm³/mol. The highest BCUT2D eigenvalue weighted by Crippen LogP contribution is 2.54. The first-order chi connectivity index (χ1) is 32.4. The average molecular weight is 856 g/mol. The van der Waals surface area contributed by atoms with Gasteiger partial charge in [-0.05, 0) is 94.8 Å². The minimum atomic E-state index is -0.0196. The third-order valence-corrected chi connectivity index (χ3v) is 13.3. The molecule has 0 unspecified atom stereocenters. The van der Waals surface area contributed by atoms with E-state index >= 15 is 0 Å². The van der Waals surface area contributed by atoms with Crippen LogP contribution < -0.4 is 19.4 Å². The Morgan fingerprint density at radius 3 is 1.86 bits per heavy atom. The first-order valence-electron chi connectivity index (χ1n) is 22.9. The molecule has 10 aromatic rings. The fourth-order valence-electron chi connectivity index (χ4n) is 10.2. The van der Waals surface area contributed by atoms with E-state index in [1.54, 1.807) is 0 Å². The molecule has 0 aliphatic carbocycles. The van der Waals surface area contributed by atoms with Crippen LogP contribution >= 0.6 is 0 Å². The van der Waals surface area contributed by atoms with Crippen molar-refractivity contribution >= 4 is 55.9 Å². The lowest BCUT2D eigenvalue weighted by Gasteiger charge is -2.34. The molecule has 4 heterocycles. The van der Waals surface area contributed by atoms with Gasteiger partial charge in [-0.2, -0.15) is 0 Å². The number of pyridine rings is 1. The first kappa shape index (κ1) is 39.5. The Kier molecular flexibility index (Phi) is 9.49.